The maximum atomic E-state index is 12.4. The van der Waals surface area contributed by atoms with Crippen molar-refractivity contribution in [3.63, 3.8) is 0 Å². The predicted molar refractivity (Wildman–Crippen MR) is 52.9 cm³/mol. The highest BCUT2D eigenvalue weighted by Gasteiger charge is 2.32. The average Bonchev–Trinajstić information content (AvgIpc) is 2.23. The van der Waals surface area contributed by atoms with Crippen molar-refractivity contribution in [3.05, 3.63) is 29.3 Å². The quantitative estimate of drug-likeness (QED) is 0.599. The van der Waals surface area contributed by atoms with Gasteiger partial charge in [0.15, 0.2) is 0 Å². The number of halogens is 6. The summed E-state index contributed by atoms with van der Waals surface area (Å²) in [6.45, 7) is 0. The van der Waals surface area contributed by atoms with Crippen molar-refractivity contribution in [2.45, 2.75) is 17.2 Å². The van der Waals surface area contributed by atoms with Crippen LogP contribution in [-0.4, -0.2) is 11.9 Å². The zero-order chi connectivity index (χ0) is 14.0. The smallest absolute Gasteiger partial charge is 0.192 e. The van der Waals surface area contributed by atoms with E-state index in [1.54, 1.807) is 6.07 Å². The Morgan fingerprint density at radius 2 is 1.72 bits per heavy atom. The molecule has 0 unspecified atom stereocenters. The maximum Gasteiger partial charge on any atom is 0.416 e. The highest BCUT2D eigenvalue weighted by atomic mass is 32.2. The zero-order valence-electron chi connectivity index (χ0n) is 8.56. The molecule has 98 valence electrons. The summed E-state index contributed by atoms with van der Waals surface area (Å²) in [5.74, 6) is -1.34. The minimum absolute atomic E-state index is 0.161. The molecule has 0 aliphatic heterocycles. The number of hydrogen-bond donors (Lipinski definition) is 0. The van der Waals surface area contributed by atoms with Crippen LogP contribution in [-0.2, 0) is 6.18 Å². The van der Waals surface area contributed by atoms with Crippen LogP contribution in [0.1, 0.15) is 11.1 Å². The van der Waals surface area contributed by atoms with E-state index in [4.69, 9.17) is 5.26 Å². The van der Waals surface area contributed by atoms with E-state index in [0.717, 1.165) is 6.07 Å². The van der Waals surface area contributed by atoms with Gasteiger partial charge in [0.1, 0.15) is 6.07 Å². The Hall–Kier alpha value is -1.36. The molecular formula is C10H5F6NS. The van der Waals surface area contributed by atoms with Gasteiger partial charge >= 0.3 is 12.4 Å². The monoisotopic (exact) mass is 285 g/mol. The summed E-state index contributed by atoms with van der Waals surface area (Å²) in [6.07, 6.45) is -9.16. The highest BCUT2D eigenvalue weighted by molar-refractivity contribution is 7.99. The molecule has 1 nitrogen and oxygen atoms in total. The van der Waals surface area contributed by atoms with Crippen LogP contribution in [0, 0.1) is 11.3 Å². The maximum absolute atomic E-state index is 12.4. The summed E-state index contributed by atoms with van der Waals surface area (Å²) in [4.78, 5) is -0.329. The van der Waals surface area contributed by atoms with Gasteiger partial charge in [-0.05, 0) is 18.2 Å². The van der Waals surface area contributed by atoms with Crippen LogP contribution in [0.4, 0.5) is 26.3 Å². The molecule has 0 aromatic heterocycles. The van der Waals surface area contributed by atoms with Crippen LogP contribution in [0.5, 0.6) is 0 Å². The number of nitrogens with zero attached hydrogens (tertiary/aromatic N) is 1. The van der Waals surface area contributed by atoms with Gasteiger partial charge in [-0.2, -0.15) is 31.6 Å². The number of thioether (sulfide) groups is 1. The second-order valence-electron chi connectivity index (χ2n) is 3.22. The van der Waals surface area contributed by atoms with Crippen LogP contribution in [0.25, 0.3) is 0 Å². The molecule has 0 amide bonds. The van der Waals surface area contributed by atoms with Crippen LogP contribution in [0.3, 0.4) is 0 Å². The van der Waals surface area contributed by atoms with Crippen LogP contribution >= 0.6 is 11.8 Å². The standard InChI is InChI=1S/C10H5F6NS/c11-9(12,13)5-18-8-3-7(10(14,15)16)2-1-6(8)4-17/h1-3H,5H2. The topological polar surface area (TPSA) is 23.8 Å². The summed E-state index contributed by atoms with van der Waals surface area (Å²) in [5, 5.41) is 8.62. The van der Waals surface area contributed by atoms with Crippen molar-refractivity contribution in [2.75, 3.05) is 5.75 Å². The Bertz CT molecular complexity index is 471. The largest absolute Gasteiger partial charge is 0.416 e. The van der Waals surface area contributed by atoms with Crippen LogP contribution < -0.4 is 0 Å². The van der Waals surface area contributed by atoms with Gasteiger partial charge in [0.2, 0.25) is 0 Å². The Labute approximate surface area is 102 Å². The van der Waals surface area contributed by atoms with E-state index in [1.807, 2.05) is 0 Å². The van der Waals surface area contributed by atoms with E-state index in [-0.39, 0.29) is 22.2 Å². The van der Waals surface area contributed by atoms with Crippen molar-refractivity contribution in [2.24, 2.45) is 0 Å². The Morgan fingerprint density at radius 3 is 2.17 bits per heavy atom. The van der Waals surface area contributed by atoms with Crippen molar-refractivity contribution in [1.29, 1.82) is 5.26 Å². The van der Waals surface area contributed by atoms with Crippen LogP contribution in [0.15, 0.2) is 23.1 Å². The molecule has 0 aliphatic rings. The lowest BCUT2D eigenvalue weighted by Crippen LogP contribution is -2.11. The lowest BCUT2D eigenvalue weighted by Gasteiger charge is -2.11. The molecule has 1 rings (SSSR count). The number of rotatable bonds is 2. The van der Waals surface area contributed by atoms with Crippen LogP contribution in [0.2, 0.25) is 0 Å². The number of nitriles is 1. The minimum Gasteiger partial charge on any atom is -0.192 e. The van der Waals surface area contributed by atoms with Gasteiger partial charge in [-0.1, -0.05) is 0 Å². The second kappa shape index (κ2) is 5.10. The molecule has 0 N–H and O–H groups in total. The third-order valence-corrected chi connectivity index (χ3v) is 2.94. The van der Waals surface area contributed by atoms with Gasteiger partial charge in [0.05, 0.1) is 16.9 Å². The van der Waals surface area contributed by atoms with Gasteiger partial charge in [0, 0.05) is 4.90 Å². The molecule has 0 saturated heterocycles. The van der Waals surface area contributed by atoms with Crippen molar-refractivity contribution in [3.8, 4) is 6.07 Å². The minimum atomic E-state index is -4.65. The van der Waals surface area contributed by atoms with E-state index in [2.05, 4.69) is 0 Å². The molecule has 0 aliphatic carbocycles. The van der Waals surface area contributed by atoms with E-state index in [1.165, 1.54) is 0 Å². The first-order valence-corrected chi connectivity index (χ1v) is 5.43. The number of alkyl halides is 6. The molecule has 18 heavy (non-hydrogen) atoms. The summed E-state index contributed by atoms with van der Waals surface area (Å²) in [5.41, 5.74) is -1.29. The molecule has 0 atom stereocenters. The fraction of sp³-hybridized carbons (Fsp3) is 0.300. The molecular weight excluding hydrogens is 280 g/mol. The second-order valence-corrected chi connectivity index (χ2v) is 4.24. The van der Waals surface area contributed by atoms with Crippen molar-refractivity contribution in [1.82, 2.24) is 0 Å². The van der Waals surface area contributed by atoms with Gasteiger partial charge in [-0.25, -0.2) is 0 Å². The summed E-state index contributed by atoms with van der Waals surface area (Å²) < 4.78 is 73.0. The Kier molecular flexibility index (Phi) is 4.16. The predicted octanol–water partition coefficient (Wildman–Crippen LogP) is 4.23. The SMILES string of the molecule is N#Cc1ccc(C(F)(F)F)cc1SCC(F)(F)F. The fourth-order valence-electron chi connectivity index (χ4n) is 1.07. The summed E-state index contributed by atoms with van der Waals surface area (Å²) in [7, 11) is 0. The fourth-order valence-corrected chi connectivity index (χ4v) is 1.87. The Morgan fingerprint density at radius 1 is 1.11 bits per heavy atom. The van der Waals surface area contributed by atoms with Gasteiger partial charge < -0.3 is 0 Å². The first-order chi connectivity index (χ1) is 8.13. The zero-order valence-corrected chi connectivity index (χ0v) is 9.38. The molecule has 0 spiro atoms. The van der Waals surface area contributed by atoms with Crippen molar-refractivity contribution < 1.29 is 26.3 Å². The lowest BCUT2D eigenvalue weighted by atomic mass is 10.1. The average molecular weight is 285 g/mol. The van der Waals surface area contributed by atoms with Gasteiger partial charge in [-0.3, -0.25) is 0 Å². The summed E-state index contributed by atoms with van der Waals surface area (Å²) >= 11 is 0.161. The molecule has 8 heteroatoms. The van der Waals surface area contributed by atoms with Gasteiger partial charge in [0.25, 0.3) is 0 Å². The number of hydrogen-bond acceptors (Lipinski definition) is 2. The molecule has 0 saturated carbocycles. The first kappa shape index (κ1) is 14.7. The van der Waals surface area contributed by atoms with E-state index in [0.29, 0.717) is 12.1 Å². The highest BCUT2D eigenvalue weighted by Crippen LogP contribution is 2.35. The first-order valence-electron chi connectivity index (χ1n) is 4.44. The molecule has 1 aromatic rings. The molecule has 1 aromatic carbocycles. The third-order valence-electron chi connectivity index (χ3n) is 1.82. The van der Waals surface area contributed by atoms with Gasteiger partial charge in [-0.15, -0.1) is 11.8 Å². The molecule has 0 radical (unpaired) electrons. The van der Waals surface area contributed by atoms with E-state index >= 15 is 0 Å². The molecule has 0 heterocycles. The van der Waals surface area contributed by atoms with E-state index in [9.17, 15) is 26.3 Å². The summed E-state index contributed by atoms with van der Waals surface area (Å²) in [6, 6.07) is 3.63. The van der Waals surface area contributed by atoms with Crippen molar-refractivity contribution >= 4 is 11.8 Å². The molecule has 0 bridgehead atoms. The normalized spacial score (nSPS) is 12.3. The molecule has 0 fully saturated rings. The lowest BCUT2D eigenvalue weighted by molar-refractivity contribution is -0.137. The van der Waals surface area contributed by atoms with E-state index < -0.39 is 23.7 Å². The third kappa shape index (κ3) is 4.14. The Balaban J connectivity index is 3.05. The number of benzene rings is 1.